The fraction of sp³-hybridized carbons (Fsp3) is 1.00. The Labute approximate surface area is 291 Å². The molecule has 0 fully saturated rings. The monoisotopic (exact) mass is 713 g/mol. The zero-order chi connectivity index (χ0) is 35.0. The van der Waals surface area contributed by atoms with Crippen LogP contribution in [0.1, 0.15) is 105 Å². The van der Waals surface area contributed by atoms with E-state index in [9.17, 15) is 4.57 Å². The van der Waals surface area contributed by atoms with Gasteiger partial charge in [0.15, 0.2) is 8.38 Å². The number of hydrogen-bond donors (Lipinski definition) is 4. The Bertz CT molecular complexity index is 698. The van der Waals surface area contributed by atoms with Crippen LogP contribution in [0.5, 0.6) is 0 Å². The van der Waals surface area contributed by atoms with Gasteiger partial charge in [-0.05, 0) is 103 Å². The maximum Gasteiger partial charge on any atom is 0.331 e. The predicted octanol–water partition coefficient (Wildman–Crippen LogP) is 5.99. The van der Waals surface area contributed by atoms with Gasteiger partial charge in [-0.3, -0.25) is 4.57 Å². The van der Waals surface area contributed by atoms with Crippen LogP contribution in [0, 0.1) is 11.8 Å². The van der Waals surface area contributed by atoms with E-state index in [1.54, 1.807) is 0 Å². The number of unbranched alkanes of at least 4 members (excludes halogenated alkanes) is 7. The molecule has 0 aromatic carbocycles. The van der Waals surface area contributed by atoms with Crippen LogP contribution in [0.3, 0.4) is 0 Å². The predicted molar refractivity (Wildman–Crippen MR) is 202 cm³/mol. The molecule has 8 N–H and O–H groups in total. The Morgan fingerprint density at radius 2 is 0.979 bits per heavy atom. The van der Waals surface area contributed by atoms with Crippen molar-refractivity contribution < 1.29 is 22.7 Å². The lowest BCUT2D eigenvalue weighted by Crippen LogP contribution is -2.31. The Balaban J connectivity index is 4.29. The molecular formula is C34H78N6O5P2. The van der Waals surface area contributed by atoms with Crippen LogP contribution in [-0.2, 0) is 22.7 Å². The molecule has 284 valence electrons. The van der Waals surface area contributed by atoms with E-state index in [-0.39, 0.29) is 0 Å². The molecule has 11 nitrogen and oxygen atoms in total. The van der Waals surface area contributed by atoms with Gasteiger partial charge in [-0.1, -0.05) is 66.2 Å². The zero-order valence-corrected chi connectivity index (χ0v) is 32.9. The first-order chi connectivity index (χ1) is 22.7. The molecule has 0 aliphatic rings. The Hall–Kier alpha value is 0.260. The maximum atomic E-state index is 13.5. The fourth-order valence-electron chi connectivity index (χ4n) is 4.88. The highest BCUT2D eigenvalue weighted by molar-refractivity contribution is 7.53. The highest BCUT2D eigenvalue weighted by Crippen LogP contribution is 2.48. The van der Waals surface area contributed by atoms with Crippen LogP contribution in [-0.4, -0.2) is 114 Å². The van der Waals surface area contributed by atoms with Gasteiger partial charge in [0.25, 0.3) is 0 Å². The second kappa shape index (κ2) is 33.4. The molecular weight excluding hydrogens is 634 g/mol. The number of hydrogen-bond acceptors (Lipinski definition) is 11. The number of nitrogens with zero attached hydrogens (tertiary/aromatic N) is 2. The molecule has 13 heteroatoms. The maximum absolute atomic E-state index is 13.5. The first-order valence-corrected chi connectivity index (χ1v) is 21.9. The summed E-state index contributed by atoms with van der Waals surface area (Å²) in [5.41, 5.74) is 22.9. The molecule has 0 saturated heterocycles. The molecule has 0 aromatic rings. The molecule has 0 amide bonds. The van der Waals surface area contributed by atoms with Gasteiger partial charge in [0.05, 0.1) is 32.6 Å². The molecule has 47 heavy (non-hydrogen) atoms. The minimum Gasteiger partial charge on any atom is -0.334 e. The van der Waals surface area contributed by atoms with Gasteiger partial charge in [0, 0.05) is 19.3 Å². The lowest BCUT2D eigenvalue weighted by atomic mass is 10.1. The van der Waals surface area contributed by atoms with Gasteiger partial charge in [-0.25, -0.2) is 0 Å². The van der Waals surface area contributed by atoms with Crippen molar-refractivity contribution in [3.05, 3.63) is 0 Å². The third-order valence-corrected chi connectivity index (χ3v) is 11.1. The van der Waals surface area contributed by atoms with Crippen molar-refractivity contribution in [3.63, 3.8) is 0 Å². The van der Waals surface area contributed by atoms with Gasteiger partial charge < -0.3 is 50.8 Å². The minimum absolute atomic E-state index is 0.304. The molecule has 0 aliphatic heterocycles. The molecule has 2 unspecified atom stereocenters. The van der Waals surface area contributed by atoms with E-state index in [4.69, 9.17) is 41.0 Å². The number of rotatable bonds is 37. The summed E-state index contributed by atoms with van der Waals surface area (Å²) < 4.78 is 37.8. The molecule has 0 spiro atoms. The molecule has 0 saturated carbocycles. The Morgan fingerprint density at radius 1 is 0.532 bits per heavy atom. The molecule has 0 aliphatic carbocycles. The first-order valence-electron chi connectivity index (χ1n) is 18.9. The average Bonchev–Trinajstić information content (AvgIpc) is 3.05. The SMILES string of the molecule is CC(C)COP(CCN(CCCN)CCCN)OCCCCCCCCCCOP(=O)(CCN(CCCN)CCCN)OCC(C)C. The molecule has 0 radical (unpaired) electrons. The summed E-state index contributed by atoms with van der Waals surface area (Å²) in [5, 5.41) is 0. The second-order valence-electron chi connectivity index (χ2n) is 13.5. The van der Waals surface area contributed by atoms with Crippen molar-refractivity contribution in [1.29, 1.82) is 0 Å². The zero-order valence-electron chi connectivity index (χ0n) is 31.1. The van der Waals surface area contributed by atoms with E-state index < -0.39 is 16.0 Å². The van der Waals surface area contributed by atoms with Crippen molar-refractivity contribution in [2.24, 2.45) is 34.8 Å². The lowest BCUT2D eigenvalue weighted by molar-refractivity contribution is 0.179. The van der Waals surface area contributed by atoms with E-state index in [0.29, 0.717) is 63.9 Å². The molecule has 0 heterocycles. The lowest BCUT2D eigenvalue weighted by Gasteiger charge is -2.25. The Kier molecular flexibility index (Phi) is 33.6. The second-order valence-corrected chi connectivity index (χ2v) is 17.3. The van der Waals surface area contributed by atoms with Crippen molar-refractivity contribution in [2.45, 2.75) is 105 Å². The van der Waals surface area contributed by atoms with E-state index in [1.165, 1.54) is 32.1 Å². The van der Waals surface area contributed by atoms with Gasteiger partial charge >= 0.3 is 7.60 Å². The van der Waals surface area contributed by atoms with E-state index in [2.05, 4.69) is 37.5 Å². The summed E-state index contributed by atoms with van der Waals surface area (Å²) in [6.45, 7) is 19.1. The standard InChI is InChI=1S/C34H78N6O5P2/c1-33(2)31-43-46(29-25-39(21-13-17-35)22-14-18-36)42-27-11-9-7-5-6-8-10-12-28-44-47(41,45-32-34(3)4)30-26-40(23-15-19-37)24-16-20-38/h33-34H,5-32,35-38H2,1-4H3. The van der Waals surface area contributed by atoms with Crippen LogP contribution in [0.2, 0.25) is 0 Å². The molecule has 0 rings (SSSR count). The van der Waals surface area contributed by atoms with Gasteiger partial charge in [0.2, 0.25) is 0 Å². The summed E-state index contributed by atoms with van der Waals surface area (Å²) in [7, 11) is -4.01. The quantitative estimate of drug-likeness (QED) is 0.0442. The minimum atomic E-state index is -3.14. The van der Waals surface area contributed by atoms with E-state index in [0.717, 1.165) is 97.0 Å². The number of nitrogens with two attached hydrogens (primary N) is 4. The van der Waals surface area contributed by atoms with Gasteiger partial charge in [-0.2, -0.15) is 0 Å². The first kappa shape index (κ1) is 47.3. The summed E-state index contributed by atoms with van der Waals surface area (Å²) >= 11 is 0. The van der Waals surface area contributed by atoms with Crippen LogP contribution in [0.4, 0.5) is 0 Å². The van der Waals surface area contributed by atoms with Gasteiger partial charge in [0.1, 0.15) is 0 Å². The third kappa shape index (κ3) is 30.8. The van der Waals surface area contributed by atoms with Crippen LogP contribution < -0.4 is 22.9 Å². The van der Waals surface area contributed by atoms with Crippen molar-refractivity contribution >= 4 is 16.0 Å². The van der Waals surface area contributed by atoms with Crippen molar-refractivity contribution in [1.82, 2.24) is 9.80 Å². The van der Waals surface area contributed by atoms with E-state index >= 15 is 0 Å². The topological polar surface area (TPSA) is 165 Å². The molecule has 0 bridgehead atoms. The largest absolute Gasteiger partial charge is 0.334 e. The smallest absolute Gasteiger partial charge is 0.331 e. The summed E-state index contributed by atoms with van der Waals surface area (Å²) in [6.07, 6.45) is 14.3. The summed E-state index contributed by atoms with van der Waals surface area (Å²) in [4.78, 5) is 4.73. The third-order valence-electron chi connectivity index (χ3n) is 7.72. The highest BCUT2D eigenvalue weighted by atomic mass is 31.2. The average molecular weight is 713 g/mol. The van der Waals surface area contributed by atoms with Crippen molar-refractivity contribution in [3.8, 4) is 0 Å². The van der Waals surface area contributed by atoms with Crippen LogP contribution in [0.15, 0.2) is 0 Å². The summed E-state index contributed by atoms with van der Waals surface area (Å²) in [5.74, 6) is 0.802. The van der Waals surface area contributed by atoms with Gasteiger partial charge in [-0.15, -0.1) is 0 Å². The fourth-order valence-corrected chi connectivity index (χ4v) is 8.25. The van der Waals surface area contributed by atoms with Crippen LogP contribution >= 0.6 is 16.0 Å². The normalized spacial score (nSPS) is 14.2. The highest BCUT2D eigenvalue weighted by Gasteiger charge is 2.26. The molecule has 0 aromatic heterocycles. The van der Waals surface area contributed by atoms with Crippen molar-refractivity contribution in [2.75, 3.05) is 104 Å². The summed E-state index contributed by atoms with van der Waals surface area (Å²) in [6, 6.07) is 0. The molecule has 2 atom stereocenters. The van der Waals surface area contributed by atoms with Crippen LogP contribution in [0.25, 0.3) is 0 Å². The van der Waals surface area contributed by atoms with E-state index in [1.807, 2.05) is 0 Å². The Morgan fingerprint density at radius 3 is 1.45 bits per heavy atom.